The van der Waals surface area contributed by atoms with Crippen molar-refractivity contribution < 1.29 is 8.42 Å². The lowest BCUT2D eigenvalue weighted by Gasteiger charge is -2.28. The zero-order valence-corrected chi connectivity index (χ0v) is 7.82. The lowest BCUT2D eigenvalue weighted by molar-refractivity contribution is 0.487. The Morgan fingerprint density at radius 3 is 2.55 bits per heavy atom. The largest absolute Gasteiger partial charge is 0.317 e. The van der Waals surface area contributed by atoms with E-state index in [1.807, 2.05) is 14.0 Å². The SMILES string of the molecule is CNC(C)CC1CCS1(=O)=O. The van der Waals surface area contributed by atoms with Crippen LogP contribution in [-0.4, -0.2) is 32.5 Å². The Balaban J connectivity index is 2.40. The Labute approximate surface area is 68.1 Å². The molecule has 0 bridgehead atoms. The Morgan fingerprint density at radius 1 is 1.64 bits per heavy atom. The van der Waals surface area contributed by atoms with Crippen LogP contribution in [0.3, 0.4) is 0 Å². The van der Waals surface area contributed by atoms with Crippen LogP contribution in [0, 0.1) is 0 Å². The molecule has 0 aromatic rings. The molecule has 0 aromatic carbocycles. The fraction of sp³-hybridized carbons (Fsp3) is 1.00. The average Bonchev–Trinajstić information content (AvgIpc) is 1.98. The molecule has 2 atom stereocenters. The highest BCUT2D eigenvalue weighted by molar-refractivity contribution is 7.93. The van der Waals surface area contributed by atoms with Gasteiger partial charge in [0.25, 0.3) is 0 Å². The van der Waals surface area contributed by atoms with E-state index in [1.165, 1.54) is 0 Å². The average molecular weight is 177 g/mol. The van der Waals surface area contributed by atoms with Crippen LogP contribution in [0.5, 0.6) is 0 Å². The normalized spacial score (nSPS) is 30.9. The van der Waals surface area contributed by atoms with Crippen LogP contribution in [0.4, 0.5) is 0 Å². The van der Waals surface area contributed by atoms with Crippen molar-refractivity contribution >= 4 is 9.84 Å². The first-order valence-corrected chi connectivity index (χ1v) is 5.66. The Hall–Kier alpha value is -0.0900. The molecular formula is C7H15NO2S. The quantitative estimate of drug-likeness (QED) is 0.668. The van der Waals surface area contributed by atoms with Gasteiger partial charge in [0.15, 0.2) is 9.84 Å². The van der Waals surface area contributed by atoms with E-state index in [9.17, 15) is 8.42 Å². The van der Waals surface area contributed by atoms with Gasteiger partial charge in [0.2, 0.25) is 0 Å². The first kappa shape index (κ1) is 9.00. The van der Waals surface area contributed by atoms with Crippen molar-refractivity contribution in [3.05, 3.63) is 0 Å². The van der Waals surface area contributed by atoms with E-state index in [0.717, 1.165) is 12.8 Å². The summed E-state index contributed by atoms with van der Waals surface area (Å²) in [5, 5.41) is 2.97. The fourth-order valence-corrected chi connectivity index (χ4v) is 2.79. The van der Waals surface area contributed by atoms with Crippen LogP contribution >= 0.6 is 0 Å². The maximum atomic E-state index is 11.0. The van der Waals surface area contributed by atoms with Crippen molar-refractivity contribution in [2.75, 3.05) is 12.8 Å². The van der Waals surface area contributed by atoms with Crippen LogP contribution in [0.1, 0.15) is 19.8 Å². The molecule has 0 aliphatic carbocycles. The van der Waals surface area contributed by atoms with E-state index in [2.05, 4.69) is 5.32 Å². The summed E-state index contributed by atoms with van der Waals surface area (Å²) >= 11 is 0. The Bertz CT molecular complexity index is 223. The molecule has 1 aliphatic rings. The third-order valence-corrected chi connectivity index (χ3v) is 4.59. The summed E-state index contributed by atoms with van der Waals surface area (Å²) in [5.41, 5.74) is 0. The predicted molar refractivity (Wildman–Crippen MR) is 45.3 cm³/mol. The van der Waals surface area contributed by atoms with Gasteiger partial charge in [-0.15, -0.1) is 0 Å². The van der Waals surface area contributed by atoms with Crippen molar-refractivity contribution in [1.82, 2.24) is 5.32 Å². The van der Waals surface area contributed by atoms with Crippen molar-refractivity contribution in [1.29, 1.82) is 0 Å². The monoisotopic (exact) mass is 177 g/mol. The molecule has 1 heterocycles. The van der Waals surface area contributed by atoms with Gasteiger partial charge < -0.3 is 5.32 Å². The highest BCUT2D eigenvalue weighted by atomic mass is 32.2. The number of sulfone groups is 1. The summed E-state index contributed by atoms with van der Waals surface area (Å²) in [5.74, 6) is 0.397. The molecule has 0 amide bonds. The molecule has 0 radical (unpaired) electrons. The first-order valence-electron chi connectivity index (χ1n) is 3.95. The lowest BCUT2D eigenvalue weighted by atomic mass is 10.1. The second kappa shape index (κ2) is 3.11. The van der Waals surface area contributed by atoms with Gasteiger partial charge in [-0.1, -0.05) is 0 Å². The summed E-state index contributed by atoms with van der Waals surface area (Å²) in [7, 11) is -0.810. The molecular weight excluding hydrogens is 162 g/mol. The summed E-state index contributed by atoms with van der Waals surface area (Å²) in [6.45, 7) is 2.01. The Morgan fingerprint density at radius 2 is 2.27 bits per heavy atom. The molecule has 2 unspecified atom stereocenters. The van der Waals surface area contributed by atoms with Gasteiger partial charge in [-0.25, -0.2) is 8.42 Å². The van der Waals surface area contributed by atoms with Crippen LogP contribution in [-0.2, 0) is 9.84 Å². The molecule has 11 heavy (non-hydrogen) atoms. The summed E-state index contributed by atoms with van der Waals surface area (Å²) < 4.78 is 22.1. The minimum absolute atomic E-state index is 0.0649. The molecule has 0 aromatic heterocycles. The van der Waals surface area contributed by atoms with E-state index in [-0.39, 0.29) is 5.25 Å². The Kier molecular flexibility index (Phi) is 2.54. The molecule has 1 rings (SSSR count). The second-order valence-corrected chi connectivity index (χ2v) is 5.60. The van der Waals surface area contributed by atoms with E-state index >= 15 is 0 Å². The molecule has 1 fully saturated rings. The maximum absolute atomic E-state index is 11.0. The van der Waals surface area contributed by atoms with E-state index in [0.29, 0.717) is 11.8 Å². The number of rotatable bonds is 3. The van der Waals surface area contributed by atoms with Crippen LogP contribution < -0.4 is 5.32 Å². The molecule has 3 nitrogen and oxygen atoms in total. The lowest BCUT2D eigenvalue weighted by Crippen LogP contribution is -2.40. The maximum Gasteiger partial charge on any atom is 0.153 e. The van der Waals surface area contributed by atoms with Gasteiger partial charge in [-0.2, -0.15) is 0 Å². The number of hydrogen-bond acceptors (Lipinski definition) is 3. The van der Waals surface area contributed by atoms with Crippen molar-refractivity contribution in [3.8, 4) is 0 Å². The zero-order chi connectivity index (χ0) is 8.48. The highest BCUT2D eigenvalue weighted by Gasteiger charge is 2.35. The molecule has 66 valence electrons. The zero-order valence-electron chi connectivity index (χ0n) is 7.00. The summed E-state index contributed by atoms with van der Waals surface area (Å²) in [6.07, 6.45) is 1.62. The highest BCUT2D eigenvalue weighted by Crippen LogP contribution is 2.24. The van der Waals surface area contributed by atoms with Crippen LogP contribution in [0.15, 0.2) is 0 Å². The molecule has 0 spiro atoms. The van der Waals surface area contributed by atoms with Gasteiger partial charge >= 0.3 is 0 Å². The fourth-order valence-electron chi connectivity index (χ4n) is 1.25. The van der Waals surface area contributed by atoms with Crippen LogP contribution in [0.25, 0.3) is 0 Å². The van der Waals surface area contributed by atoms with E-state index in [1.54, 1.807) is 0 Å². The third-order valence-electron chi connectivity index (χ3n) is 2.34. The predicted octanol–water partition coefficient (Wildman–Crippen LogP) is 0.171. The van der Waals surface area contributed by atoms with Gasteiger partial charge in [-0.3, -0.25) is 0 Å². The van der Waals surface area contributed by atoms with E-state index in [4.69, 9.17) is 0 Å². The minimum Gasteiger partial charge on any atom is -0.317 e. The van der Waals surface area contributed by atoms with Gasteiger partial charge in [0, 0.05) is 6.04 Å². The van der Waals surface area contributed by atoms with Crippen molar-refractivity contribution in [2.24, 2.45) is 0 Å². The molecule has 0 saturated carbocycles. The van der Waals surface area contributed by atoms with Crippen molar-refractivity contribution in [2.45, 2.75) is 31.1 Å². The standard InChI is InChI=1S/C7H15NO2S/c1-6(8-2)5-7-3-4-11(7,9)10/h6-8H,3-5H2,1-2H3. The molecule has 1 N–H and O–H groups in total. The topological polar surface area (TPSA) is 46.2 Å². The van der Waals surface area contributed by atoms with Gasteiger partial charge in [0.1, 0.15) is 0 Å². The molecule has 1 aliphatic heterocycles. The summed E-state index contributed by atoms with van der Waals surface area (Å²) in [6, 6.07) is 0.315. The van der Waals surface area contributed by atoms with Crippen LogP contribution in [0.2, 0.25) is 0 Å². The number of hydrogen-bond donors (Lipinski definition) is 1. The second-order valence-electron chi connectivity index (χ2n) is 3.20. The van der Waals surface area contributed by atoms with Gasteiger partial charge in [0.05, 0.1) is 11.0 Å². The minimum atomic E-state index is -2.67. The third kappa shape index (κ3) is 1.93. The van der Waals surface area contributed by atoms with E-state index < -0.39 is 9.84 Å². The van der Waals surface area contributed by atoms with Crippen molar-refractivity contribution in [3.63, 3.8) is 0 Å². The molecule has 4 heteroatoms. The molecule has 1 saturated heterocycles. The first-order chi connectivity index (χ1) is 5.06. The smallest absolute Gasteiger partial charge is 0.153 e. The van der Waals surface area contributed by atoms with Gasteiger partial charge in [-0.05, 0) is 26.8 Å². The number of nitrogens with one attached hydrogen (secondary N) is 1. The summed E-state index contributed by atoms with van der Waals surface area (Å²) in [4.78, 5) is 0.